The Morgan fingerprint density at radius 2 is 1.72 bits per heavy atom. The third kappa shape index (κ3) is 8.50. The van der Waals surface area contributed by atoms with Gasteiger partial charge in [-0.2, -0.15) is 5.10 Å². The molecule has 0 saturated heterocycles. The number of rotatable bonds is 10. The molecule has 9 heteroatoms. The molecule has 0 N–H and O–H groups in total. The summed E-state index contributed by atoms with van der Waals surface area (Å²) in [6.07, 6.45) is 0. The topological polar surface area (TPSA) is 94.0 Å². The van der Waals surface area contributed by atoms with Gasteiger partial charge in [0.1, 0.15) is 30.2 Å². The number of benzene rings is 1. The Balaban J connectivity index is 2.12. The lowest BCUT2D eigenvalue weighted by molar-refractivity contribution is -0.155. The molecule has 9 nitrogen and oxygen atoms in total. The van der Waals surface area contributed by atoms with Crippen LogP contribution in [0.25, 0.3) is 0 Å². The molecular formula is C23H32N4O5. The second kappa shape index (κ2) is 11.4. The molecule has 174 valence electrons. The average Bonchev–Trinajstić information content (AvgIpc) is 2.71. The normalized spacial score (nSPS) is 11.3. The number of carbonyl (C=O) groups excluding carboxylic acids is 2. The lowest BCUT2D eigenvalue weighted by Gasteiger charge is -2.26. The van der Waals surface area contributed by atoms with Gasteiger partial charge in [0.2, 0.25) is 0 Å². The van der Waals surface area contributed by atoms with Gasteiger partial charge in [-0.3, -0.25) is 14.4 Å². The quantitative estimate of drug-likeness (QED) is 0.515. The molecule has 0 unspecified atom stereocenters. The highest BCUT2D eigenvalue weighted by atomic mass is 16.6. The van der Waals surface area contributed by atoms with Crippen LogP contribution in [-0.2, 0) is 16.1 Å². The van der Waals surface area contributed by atoms with Crippen molar-refractivity contribution < 1.29 is 19.1 Å². The first-order valence-corrected chi connectivity index (χ1v) is 10.5. The number of amides is 1. The van der Waals surface area contributed by atoms with E-state index in [0.717, 1.165) is 0 Å². The maximum Gasteiger partial charge on any atom is 0.326 e. The fourth-order valence-electron chi connectivity index (χ4n) is 2.75. The Morgan fingerprint density at radius 1 is 1.03 bits per heavy atom. The van der Waals surface area contributed by atoms with E-state index in [0.29, 0.717) is 18.8 Å². The van der Waals surface area contributed by atoms with Crippen LogP contribution >= 0.6 is 0 Å². The van der Waals surface area contributed by atoms with E-state index in [9.17, 15) is 14.4 Å². The third-order valence-corrected chi connectivity index (χ3v) is 4.25. The van der Waals surface area contributed by atoms with Gasteiger partial charge in [0, 0.05) is 19.2 Å². The standard InChI is InChI=1S/C23H32N4O5/c1-23(2,3)32-21(29)17-26(14-13-25(4)5)22(30)19-11-12-20(28)27(24-19)15-16-31-18-9-7-6-8-10-18/h6-12H,13-17H2,1-5H3. The molecule has 1 aromatic heterocycles. The Labute approximate surface area is 188 Å². The number of nitrogens with zero attached hydrogens (tertiary/aromatic N) is 4. The predicted molar refractivity (Wildman–Crippen MR) is 121 cm³/mol. The van der Waals surface area contributed by atoms with Gasteiger partial charge >= 0.3 is 5.97 Å². The monoisotopic (exact) mass is 444 g/mol. The highest BCUT2D eigenvalue weighted by molar-refractivity contribution is 5.94. The number of aromatic nitrogens is 2. The molecule has 1 heterocycles. The van der Waals surface area contributed by atoms with Crippen molar-refractivity contribution in [2.24, 2.45) is 0 Å². The number of para-hydroxylation sites is 1. The van der Waals surface area contributed by atoms with Crippen LogP contribution < -0.4 is 10.3 Å². The Morgan fingerprint density at radius 3 is 2.34 bits per heavy atom. The molecule has 32 heavy (non-hydrogen) atoms. The van der Waals surface area contributed by atoms with Gasteiger partial charge in [0.05, 0.1) is 6.54 Å². The summed E-state index contributed by atoms with van der Waals surface area (Å²) in [7, 11) is 3.75. The summed E-state index contributed by atoms with van der Waals surface area (Å²) < 4.78 is 12.2. The summed E-state index contributed by atoms with van der Waals surface area (Å²) in [5.74, 6) is -0.273. The molecule has 2 rings (SSSR count). The van der Waals surface area contributed by atoms with Crippen molar-refractivity contribution in [3.05, 3.63) is 58.5 Å². The van der Waals surface area contributed by atoms with Crippen molar-refractivity contribution in [3.8, 4) is 5.75 Å². The van der Waals surface area contributed by atoms with Gasteiger partial charge in [-0.1, -0.05) is 18.2 Å². The molecule has 0 fully saturated rings. The third-order valence-electron chi connectivity index (χ3n) is 4.25. The smallest absolute Gasteiger partial charge is 0.326 e. The molecular weight excluding hydrogens is 412 g/mol. The molecule has 1 amide bonds. The minimum Gasteiger partial charge on any atom is -0.492 e. The van der Waals surface area contributed by atoms with E-state index < -0.39 is 17.5 Å². The number of esters is 1. The molecule has 0 bridgehead atoms. The van der Waals surface area contributed by atoms with E-state index in [2.05, 4.69) is 5.10 Å². The van der Waals surface area contributed by atoms with Gasteiger partial charge in [0.25, 0.3) is 11.5 Å². The summed E-state index contributed by atoms with van der Waals surface area (Å²) in [6, 6.07) is 11.9. The molecule has 0 aliphatic rings. The average molecular weight is 445 g/mol. The van der Waals surface area contributed by atoms with Crippen LogP contribution in [0.2, 0.25) is 0 Å². The Kier molecular flexibility index (Phi) is 8.95. The number of carbonyl (C=O) groups is 2. The van der Waals surface area contributed by atoms with Crippen molar-refractivity contribution >= 4 is 11.9 Å². The minimum absolute atomic E-state index is 0.0756. The van der Waals surface area contributed by atoms with Crippen molar-refractivity contribution in [1.29, 1.82) is 0 Å². The van der Waals surface area contributed by atoms with E-state index in [-0.39, 0.29) is 30.9 Å². The summed E-state index contributed by atoms with van der Waals surface area (Å²) in [5, 5.41) is 4.20. The van der Waals surface area contributed by atoms with E-state index in [1.165, 1.54) is 21.7 Å². The van der Waals surface area contributed by atoms with Crippen LogP contribution in [0.4, 0.5) is 0 Å². The van der Waals surface area contributed by atoms with Crippen molar-refractivity contribution in [2.45, 2.75) is 32.9 Å². The second-order valence-corrected chi connectivity index (χ2v) is 8.56. The van der Waals surface area contributed by atoms with Crippen LogP contribution in [0.15, 0.2) is 47.3 Å². The van der Waals surface area contributed by atoms with E-state index in [1.54, 1.807) is 20.8 Å². The maximum absolute atomic E-state index is 13.1. The van der Waals surface area contributed by atoms with Gasteiger partial charge in [-0.05, 0) is 53.1 Å². The molecule has 2 aromatic rings. The van der Waals surface area contributed by atoms with Crippen LogP contribution in [0.3, 0.4) is 0 Å². The highest BCUT2D eigenvalue weighted by Gasteiger charge is 2.24. The first-order chi connectivity index (χ1) is 15.0. The van der Waals surface area contributed by atoms with Crippen LogP contribution in [0.1, 0.15) is 31.3 Å². The Bertz CT molecular complexity index is 951. The van der Waals surface area contributed by atoms with E-state index in [4.69, 9.17) is 9.47 Å². The van der Waals surface area contributed by atoms with Crippen LogP contribution in [0, 0.1) is 0 Å². The summed E-state index contributed by atoms with van der Waals surface area (Å²) in [4.78, 5) is 40.9. The molecule has 1 aromatic carbocycles. The fourth-order valence-corrected chi connectivity index (χ4v) is 2.75. The first kappa shape index (κ1) is 25.1. The first-order valence-electron chi connectivity index (χ1n) is 10.5. The molecule has 0 spiro atoms. The van der Waals surface area contributed by atoms with Gasteiger partial charge in [-0.15, -0.1) is 0 Å². The molecule has 0 aliphatic carbocycles. The van der Waals surface area contributed by atoms with Gasteiger partial charge in [0.15, 0.2) is 0 Å². The maximum atomic E-state index is 13.1. The van der Waals surface area contributed by atoms with Gasteiger partial charge in [-0.25, -0.2) is 4.68 Å². The summed E-state index contributed by atoms with van der Waals surface area (Å²) in [5.41, 5.74) is -0.922. The second-order valence-electron chi connectivity index (χ2n) is 8.56. The molecule has 0 radical (unpaired) electrons. The largest absolute Gasteiger partial charge is 0.492 e. The fraction of sp³-hybridized carbons (Fsp3) is 0.478. The summed E-state index contributed by atoms with van der Waals surface area (Å²) >= 11 is 0. The molecule has 0 saturated carbocycles. The molecule has 0 aliphatic heterocycles. The van der Waals surface area contributed by atoms with Crippen molar-refractivity contribution in [1.82, 2.24) is 19.6 Å². The zero-order valence-electron chi connectivity index (χ0n) is 19.4. The zero-order valence-corrected chi connectivity index (χ0v) is 19.4. The Hall–Kier alpha value is -3.20. The van der Waals surface area contributed by atoms with Crippen molar-refractivity contribution in [2.75, 3.05) is 40.3 Å². The number of hydrogen-bond acceptors (Lipinski definition) is 7. The van der Waals surface area contributed by atoms with Crippen LogP contribution in [-0.4, -0.2) is 77.4 Å². The van der Waals surface area contributed by atoms with Crippen LogP contribution in [0.5, 0.6) is 5.75 Å². The SMILES string of the molecule is CN(C)CCN(CC(=O)OC(C)(C)C)C(=O)c1ccc(=O)n(CCOc2ccccc2)n1. The number of likely N-dealkylation sites (N-methyl/N-ethyl adjacent to an activating group) is 1. The van der Waals surface area contributed by atoms with E-state index in [1.807, 2.05) is 49.3 Å². The number of hydrogen-bond donors (Lipinski definition) is 0. The van der Waals surface area contributed by atoms with Crippen molar-refractivity contribution in [3.63, 3.8) is 0 Å². The highest BCUT2D eigenvalue weighted by Crippen LogP contribution is 2.10. The number of ether oxygens (including phenoxy) is 2. The van der Waals surface area contributed by atoms with E-state index >= 15 is 0 Å². The lowest BCUT2D eigenvalue weighted by atomic mass is 10.2. The zero-order chi connectivity index (χ0) is 23.7. The molecule has 0 atom stereocenters. The summed E-state index contributed by atoms with van der Waals surface area (Å²) in [6.45, 7) is 6.36. The minimum atomic E-state index is -0.655. The van der Waals surface area contributed by atoms with Gasteiger partial charge < -0.3 is 19.3 Å². The predicted octanol–water partition coefficient (Wildman–Crippen LogP) is 1.67. The lowest BCUT2D eigenvalue weighted by Crippen LogP contribution is -2.43.